The molecule has 5 nitrogen and oxygen atoms in total. The zero-order valence-electron chi connectivity index (χ0n) is 15.5. The number of ether oxygens (including phenoxy) is 1. The summed E-state index contributed by atoms with van der Waals surface area (Å²) in [7, 11) is 0. The summed E-state index contributed by atoms with van der Waals surface area (Å²) in [6, 6.07) is 14.9. The molecule has 0 saturated heterocycles. The lowest BCUT2D eigenvalue weighted by molar-refractivity contribution is -0.135. The Bertz CT molecular complexity index is 905. The molecule has 0 saturated carbocycles. The van der Waals surface area contributed by atoms with Crippen molar-refractivity contribution in [3.63, 3.8) is 0 Å². The van der Waals surface area contributed by atoms with E-state index in [2.05, 4.69) is 18.8 Å². The van der Waals surface area contributed by atoms with Crippen LogP contribution >= 0.6 is 0 Å². The van der Waals surface area contributed by atoms with Crippen molar-refractivity contribution in [1.29, 1.82) is 0 Å². The number of para-hydroxylation sites is 2. The Morgan fingerprint density at radius 1 is 1.19 bits per heavy atom. The Hall–Kier alpha value is -3.08. The van der Waals surface area contributed by atoms with Gasteiger partial charge in [0.1, 0.15) is 11.3 Å². The molecule has 0 atom stereocenters. The third-order valence-corrected chi connectivity index (χ3v) is 4.10. The van der Waals surface area contributed by atoms with E-state index in [1.54, 1.807) is 6.08 Å². The summed E-state index contributed by atoms with van der Waals surface area (Å²) in [6.07, 6.45) is 2.62. The minimum atomic E-state index is -0.933. The molecule has 1 aromatic heterocycles. The number of benzene rings is 2. The SMILES string of the molecule is CC(C)CCOc1ccc(/C=C(\CC(=O)O)c2nc3ccccc3o2)cc1. The Morgan fingerprint density at radius 2 is 1.93 bits per heavy atom. The van der Waals surface area contributed by atoms with E-state index in [1.165, 1.54) is 0 Å². The number of aromatic nitrogens is 1. The molecule has 0 aliphatic rings. The molecule has 0 aliphatic heterocycles. The van der Waals surface area contributed by atoms with Crippen molar-refractivity contribution in [1.82, 2.24) is 4.98 Å². The number of carboxylic acid groups (broad SMARTS) is 1. The van der Waals surface area contributed by atoms with Crippen molar-refractivity contribution in [2.75, 3.05) is 6.61 Å². The number of fused-ring (bicyclic) bond motifs is 1. The first-order valence-corrected chi connectivity index (χ1v) is 9.02. The van der Waals surface area contributed by atoms with E-state index in [-0.39, 0.29) is 6.42 Å². The van der Waals surface area contributed by atoms with E-state index < -0.39 is 5.97 Å². The fourth-order valence-electron chi connectivity index (χ4n) is 2.63. The lowest BCUT2D eigenvalue weighted by atomic mass is 10.1. The van der Waals surface area contributed by atoms with E-state index in [4.69, 9.17) is 9.15 Å². The molecular formula is C22H23NO4. The zero-order valence-corrected chi connectivity index (χ0v) is 15.5. The molecule has 2 aromatic carbocycles. The first-order chi connectivity index (χ1) is 13.0. The predicted molar refractivity (Wildman–Crippen MR) is 106 cm³/mol. The molecule has 0 bridgehead atoms. The second-order valence-electron chi connectivity index (χ2n) is 6.83. The highest BCUT2D eigenvalue weighted by Gasteiger charge is 2.14. The van der Waals surface area contributed by atoms with Gasteiger partial charge in [-0.05, 0) is 48.2 Å². The Morgan fingerprint density at radius 3 is 2.59 bits per heavy atom. The average Bonchev–Trinajstić information content (AvgIpc) is 3.06. The Balaban J connectivity index is 1.82. The number of carbonyl (C=O) groups is 1. The van der Waals surface area contributed by atoms with Gasteiger partial charge in [0.15, 0.2) is 5.58 Å². The lowest BCUT2D eigenvalue weighted by Crippen LogP contribution is -2.01. The topological polar surface area (TPSA) is 72.6 Å². The van der Waals surface area contributed by atoms with Crippen LogP contribution in [-0.2, 0) is 4.79 Å². The molecule has 0 spiro atoms. The molecule has 140 valence electrons. The number of nitrogens with zero attached hydrogens (tertiary/aromatic N) is 1. The molecule has 1 heterocycles. The average molecular weight is 365 g/mol. The third kappa shape index (κ3) is 5.20. The van der Waals surface area contributed by atoms with Gasteiger partial charge in [-0.15, -0.1) is 0 Å². The molecular weight excluding hydrogens is 342 g/mol. The van der Waals surface area contributed by atoms with Gasteiger partial charge in [0, 0.05) is 5.57 Å². The van der Waals surface area contributed by atoms with Crippen LogP contribution in [0, 0.1) is 5.92 Å². The molecule has 0 fully saturated rings. The van der Waals surface area contributed by atoms with Crippen LogP contribution in [0.15, 0.2) is 52.9 Å². The Kier molecular flexibility index (Phi) is 5.91. The Labute approximate surface area is 158 Å². The van der Waals surface area contributed by atoms with Crippen LogP contribution in [0.25, 0.3) is 22.7 Å². The summed E-state index contributed by atoms with van der Waals surface area (Å²) < 4.78 is 11.5. The lowest BCUT2D eigenvalue weighted by Gasteiger charge is -2.08. The van der Waals surface area contributed by atoms with E-state index in [0.29, 0.717) is 35.1 Å². The summed E-state index contributed by atoms with van der Waals surface area (Å²) in [5, 5.41) is 9.25. The number of hydrogen-bond acceptors (Lipinski definition) is 4. The smallest absolute Gasteiger partial charge is 0.308 e. The summed E-state index contributed by atoms with van der Waals surface area (Å²) in [6.45, 7) is 5.00. The maximum absolute atomic E-state index is 11.3. The van der Waals surface area contributed by atoms with Crippen LogP contribution < -0.4 is 4.74 Å². The summed E-state index contributed by atoms with van der Waals surface area (Å²) in [5.74, 6) is 0.796. The van der Waals surface area contributed by atoms with Crippen LogP contribution in [0.3, 0.4) is 0 Å². The molecule has 1 N–H and O–H groups in total. The second kappa shape index (κ2) is 8.54. The quantitative estimate of drug-likeness (QED) is 0.589. The normalized spacial score (nSPS) is 11.9. The van der Waals surface area contributed by atoms with Crippen LogP contribution in [0.5, 0.6) is 5.75 Å². The first-order valence-electron chi connectivity index (χ1n) is 9.02. The molecule has 0 amide bonds. The minimum Gasteiger partial charge on any atom is -0.494 e. The molecule has 27 heavy (non-hydrogen) atoms. The van der Waals surface area contributed by atoms with Crippen LogP contribution in [-0.4, -0.2) is 22.7 Å². The largest absolute Gasteiger partial charge is 0.494 e. The number of aliphatic carboxylic acids is 1. The van der Waals surface area contributed by atoms with Crippen LogP contribution in [0.2, 0.25) is 0 Å². The van der Waals surface area contributed by atoms with Gasteiger partial charge in [-0.25, -0.2) is 4.98 Å². The third-order valence-electron chi connectivity index (χ3n) is 4.10. The predicted octanol–water partition coefficient (Wildman–Crippen LogP) is 5.27. The number of rotatable bonds is 8. The van der Waals surface area contributed by atoms with Crippen molar-refractivity contribution < 1.29 is 19.1 Å². The molecule has 5 heteroatoms. The van der Waals surface area contributed by atoms with Crippen LogP contribution in [0.4, 0.5) is 0 Å². The molecule has 3 aromatic rings. The number of carboxylic acids is 1. The fraction of sp³-hybridized carbons (Fsp3) is 0.273. The van der Waals surface area contributed by atoms with E-state index in [0.717, 1.165) is 17.7 Å². The monoisotopic (exact) mass is 365 g/mol. The fourth-order valence-corrected chi connectivity index (χ4v) is 2.63. The van der Waals surface area contributed by atoms with Gasteiger partial charge < -0.3 is 14.3 Å². The number of oxazole rings is 1. The van der Waals surface area contributed by atoms with E-state index in [9.17, 15) is 9.90 Å². The van der Waals surface area contributed by atoms with Gasteiger partial charge in [-0.1, -0.05) is 38.1 Å². The molecule has 0 radical (unpaired) electrons. The molecule has 0 aliphatic carbocycles. The van der Waals surface area contributed by atoms with Crippen molar-refractivity contribution in [2.24, 2.45) is 5.92 Å². The van der Waals surface area contributed by atoms with Gasteiger partial charge in [0.25, 0.3) is 0 Å². The van der Waals surface area contributed by atoms with Gasteiger partial charge in [-0.3, -0.25) is 4.79 Å². The maximum atomic E-state index is 11.3. The minimum absolute atomic E-state index is 0.167. The number of hydrogen-bond donors (Lipinski definition) is 1. The van der Waals surface area contributed by atoms with Crippen LogP contribution in [0.1, 0.15) is 38.1 Å². The van der Waals surface area contributed by atoms with Crippen molar-refractivity contribution in [3.8, 4) is 5.75 Å². The van der Waals surface area contributed by atoms with Crippen molar-refractivity contribution >= 4 is 28.7 Å². The standard InChI is InChI=1S/C22H23NO4/c1-15(2)11-12-26-18-9-7-16(8-10-18)13-17(14-21(24)25)22-23-19-5-3-4-6-20(19)27-22/h3-10,13,15H,11-12,14H2,1-2H3,(H,24,25)/b17-13+. The summed E-state index contributed by atoms with van der Waals surface area (Å²) in [4.78, 5) is 15.7. The summed E-state index contributed by atoms with van der Waals surface area (Å²) in [5.41, 5.74) is 2.73. The molecule has 3 rings (SSSR count). The van der Waals surface area contributed by atoms with Gasteiger partial charge in [0.2, 0.25) is 5.89 Å². The maximum Gasteiger partial charge on any atom is 0.308 e. The highest BCUT2D eigenvalue weighted by molar-refractivity contribution is 5.90. The highest BCUT2D eigenvalue weighted by Crippen LogP contribution is 2.26. The highest BCUT2D eigenvalue weighted by atomic mass is 16.5. The van der Waals surface area contributed by atoms with Crippen molar-refractivity contribution in [2.45, 2.75) is 26.7 Å². The van der Waals surface area contributed by atoms with Gasteiger partial charge in [-0.2, -0.15) is 0 Å². The molecule has 0 unspecified atom stereocenters. The van der Waals surface area contributed by atoms with Crippen molar-refractivity contribution in [3.05, 3.63) is 60.0 Å². The van der Waals surface area contributed by atoms with Gasteiger partial charge >= 0.3 is 5.97 Å². The first kappa shape index (κ1) is 18.7. The van der Waals surface area contributed by atoms with E-state index >= 15 is 0 Å². The van der Waals surface area contributed by atoms with Gasteiger partial charge in [0.05, 0.1) is 13.0 Å². The van der Waals surface area contributed by atoms with E-state index in [1.807, 2.05) is 48.5 Å². The second-order valence-corrected chi connectivity index (χ2v) is 6.83. The zero-order chi connectivity index (χ0) is 19.2. The summed E-state index contributed by atoms with van der Waals surface area (Å²) >= 11 is 0.